The predicted octanol–water partition coefficient (Wildman–Crippen LogP) is 9.84. The second-order valence-corrected chi connectivity index (χ2v) is 6.28. The summed E-state index contributed by atoms with van der Waals surface area (Å²) in [6.07, 6.45) is 1.83. The minimum absolute atomic E-state index is 0.0394. The number of rotatable bonds is 2. The van der Waals surface area contributed by atoms with Gasteiger partial charge in [0.2, 0.25) is 11.8 Å². The molecule has 4 nitrogen and oxygen atoms in total. The maximum atomic E-state index is 10.1. The SMILES string of the molecule is CC.CC.CC.CCC.CCC(=O)NC.CCNC(C)=O.c1ccccc1.c1ccccc1.c1ccccc1. The number of benzene rings is 3. The minimum Gasteiger partial charge on any atom is -0.359 e. The summed E-state index contributed by atoms with van der Waals surface area (Å²) in [4.78, 5) is 20.0. The van der Waals surface area contributed by atoms with Crippen molar-refractivity contribution in [3.05, 3.63) is 109 Å². The summed E-state index contributed by atoms with van der Waals surface area (Å²) in [7, 11) is 1.63. The van der Waals surface area contributed by atoms with Gasteiger partial charge in [0, 0.05) is 26.9 Å². The van der Waals surface area contributed by atoms with Crippen LogP contribution in [0, 0.1) is 0 Å². The first-order valence-corrected chi connectivity index (χ1v) is 14.4. The van der Waals surface area contributed by atoms with Crippen LogP contribution in [0.25, 0.3) is 0 Å². The van der Waals surface area contributed by atoms with E-state index in [1.54, 1.807) is 7.05 Å². The molecule has 0 radical (unpaired) electrons. The summed E-state index contributed by atoms with van der Waals surface area (Å²) >= 11 is 0. The van der Waals surface area contributed by atoms with Crippen molar-refractivity contribution < 1.29 is 9.59 Å². The molecule has 0 heterocycles. The Morgan fingerprint density at radius 2 is 0.667 bits per heavy atom. The molecule has 3 rings (SSSR count). The molecule has 0 aliphatic carbocycles. The van der Waals surface area contributed by atoms with Crippen molar-refractivity contribution in [1.82, 2.24) is 10.6 Å². The lowest BCUT2D eigenvalue weighted by Gasteiger charge is -1.88. The molecule has 224 valence electrons. The van der Waals surface area contributed by atoms with Gasteiger partial charge >= 0.3 is 0 Å². The number of nitrogens with one attached hydrogen (secondary N) is 2. The molecule has 0 saturated carbocycles. The maximum absolute atomic E-state index is 10.1. The largest absolute Gasteiger partial charge is 0.359 e. The fraction of sp³-hybridized carbons (Fsp3) is 0.429. The zero-order valence-corrected chi connectivity index (χ0v) is 27.3. The molecule has 0 bridgehead atoms. The predicted molar refractivity (Wildman–Crippen MR) is 178 cm³/mol. The molecule has 0 saturated heterocycles. The third kappa shape index (κ3) is 78.8. The highest BCUT2D eigenvalue weighted by Gasteiger charge is 1.84. The summed E-state index contributed by atoms with van der Waals surface area (Å²) < 4.78 is 0. The first-order valence-electron chi connectivity index (χ1n) is 14.4. The van der Waals surface area contributed by atoms with Crippen LogP contribution in [0.3, 0.4) is 0 Å². The first-order chi connectivity index (χ1) is 19.0. The molecule has 2 N–H and O–H groups in total. The lowest BCUT2D eigenvalue weighted by Crippen LogP contribution is -2.18. The van der Waals surface area contributed by atoms with Crippen molar-refractivity contribution in [2.24, 2.45) is 0 Å². The molecule has 39 heavy (non-hydrogen) atoms. The highest BCUT2D eigenvalue weighted by Crippen LogP contribution is 1.81. The van der Waals surface area contributed by atoms with E-state index in [1.165, 1.54) is 13.3 Å². The van der Waals surface area contributed by atoms with Crippen LogP contribution in [0.1, 0.15) is 89.0 Å². The first kappa shape index (κ1) is 48.6. The van der Waals surface area contributed by atoms with Crippen LogP contribution in [0.4, 0.5) is 0 Å². The Morgan fingerprint density at radius 3 is 0.692 bits per heavy atom. The Kier molecular flexibility index (Phi) is 74.3. The van der Waals surface area contributed by atoms with Gasteiger partial charge in [-0.25, -0.2) is 0 Å². The summed E-state index contributed by atoms with van der Waals surface area (Å²) in [5.41, 5.74) is 0. The Bertz CT molecular complexity index is 545. The van der Waals surface area contributed by atoms with E-state index in [4.69, 9.17) is 0 Å². The minimum atomic E-state index is 0.0394. The topological polar surface area (TPSA) is 58.2 Å². The fourth-order valence-corrected chi connectivity index (χ4v) is 1.58. The summed E-state index contributed by atoms with van der Waals surface area (Å²) in [5.74, 6) is 0.132. The fourth-order valence-electron chi connectivity index (χ4n) is 1.58. The number of hydrogen-bond donors (Lipinski definition) is 2. The standard InChI is InChI=1S/3C6H6.2C4H9NO.C3H8.3C2H6/c3*1-2-4-6-5-3-1;1-3-4(6)5-2;1-3-5-4(2)6;1-3-2;3*1-2/h3*1-6H;2*3H2,1-2H3,(H,5,6);3H2,1-2H3;3*1-2H3. The zero-order chi connectivity index (χ0) is 31.4. The molecule has 0 spiro atoms. The van der Waals surface area contributed by atoms with Gasteiger partial charge in [-0.05, 0) is 6.92 Å². The summed E-state index contributed by atoms with van der Waals surface area (Å²) in [6, 6.07) is 36.0. The molecular formula is C35H62N2O2. The van der Waals surface area contributed by atoms with Gasteiger partial charge in [0.05, 0.1) is 0 Å². The molecule has 3 aromatic rings. The second kappa shape index (κ2) is 59.6. The zero-order valence-electron chi connectivity index (χ0n) is 27.3. The molecule has 0 aliphatic rings. The third-order valence-electron chi connectivity index (χ3n) is 3.03. The molecule has 0 unspecified atom stereocenters. The van der Waals surface area contributed by atoms with Crippen molar-refractivity contribution in [3.63, 3.8) is 0 Å². The summed E-state index contributed by atoms with van der Waals surface area (Å²) in [6.45, 7) is 22.2. The molecule has 0 fully saturated rings. The molecule has 4 heteroatoms. The van der Waals surface area contributed by atoms with Gasteiger partial charge in [-0.3, -0.25) is 9.59 Å². The van der Waals surface area contributed by atoms with Gasteiger partial charge in [-0.1, -0.05) is 178 Å². The summed E-state index contributed by atoms with van der Waals surface area (Å²) in [5, 5.41) is 5.05. The highest BCUT2D eigenvalue weighted by atomic mass is 16.2. The van der Waals surface area contributed by atoms with Crippen LogP contribution in [-0.4, -0.2) is 25.4 Å². The second-order valence-electron chi connectivity index (χ2n) is 6.28. The Morgan fingerprint density at radius 1 is 0.487 bits per heavy atom. The molecule has 0 aromatic heterocycles. The number of amides is 2. The third-order valence-corrected chi connectivity index (χ3v) is 3.03. The van der Waals surface area contributed by atoms with Gasteiger partial charge in [0.1, 0.15) is 0 Å². The van der Waals surface area contributed by atoms with E-state index in [0.29, 0.717) is 6.42 Å². The molecule has 0 atom stereocenters. The van der Waals surface area contributed by atoms with Gasteiger partial charge in [0.25, 0.3) is 0 Å². The van der Waals surface area contributed by atoms with Crippen LogP contribution in [-0.2, 0) is 9.59 Å². The molecule has 0 aliphatic heterocycles. The van der Waals surface area contributed by atoms with Crippen LogP contribution in [0.15, 0.2) is 109 Å². The smallest absolute Gasteiger partial charge is 0.219 e. The van der Waals surface area contributed by atoms with Gasteiger partial charge in [0.15, 0.2) is 0 Å². The van der Waals surface area contributed by atoms with E-state index in [0.717, 1.165) is 6.54 Å². The quantitative estimate of drug-likeness (QED) is 0.338. The monoisotopic (exact) mass is 542 g/mol. The van der Waals surface area contributed by atoms with Crippen molar-refractivity contribution in [2.75, 3.05) is 13.6 Å². The number of carbonyl (C=O) groups excluding carboxylic acids is 2. The average Bonchev–Trinajstić information content (AvgIpc) is 3.04. The van der Waals surface area contributed by atoms with Crippen molar-refractivity contribution >= 4 is 11.8 Å². The van der Waals surface area contributed by atoms with E-state index < -0.39 is 0 Å². The van der Waals surface area contributed by atoms with Crippen LogP contribution in [0.2, 0.25) is 0 Å². The lowest BCUT2D eigenvalue weighted by molar-refractivity contribution is -0.120. The van der Waals surface area contributed by atoms with E-state index in [-0.39, 0.29) is 11.8 Å². The Hall–Kier alpha value is -3.40. The molecule has 3 aromatic carbocycles. The number of hydrogen-bond acceptors (Lipinski definition) is 2. The van der Waals surface area contributed by atoms with Crippen molar-refractivity contribution in [2.45, 2.75) is 89.0 Å². The van der Waals surface area contributed by atoms with Crippen LogP contribution in [0.5, 0.6) is 0 Å². The van der Waals surface area contributed by atoms with E-state index >= 15 is 0 Å². The molecule has 2 amide bonds. The van der Waals surface area contributed by atoms with Crippen LogP contribution >= 0.6 is 0 Å². The van der Waals surface area contributed by atoms with E-state index in [2.05, 4.69) is 24.5 Å². The van der Waals surface area contributed by atoms with E-state index in [1.807, 2.05) is 165 Å². The Balaban J connectivity index is -0.0000000813. The van der Waals surface area contributed by atoms with Gasteiger partial charge in [-0.15, -0.1) is 0 Å². The molecular weight excluding hydrogens is 480 g/mol. The maximum Gasteiger partial charge on any atom is 0.219 e. The van der Waals surface area contributed by atoms with Crippen LogP contribution < -0.4 is 10.6 Å². The van der Waals surface area contributed by atoms with Gasteiger partial charge < -0.3 is 10.6 Å². The van der Waals surface area contributed by atoms with Crippen molar-refractivity contribution in [3.8, 4) is 0 Å². The average molecular weight is 543 g/mol. The van der Waals surface area contributed by atoms with E-state index in [9.17, 15) is 9.59 Å². The van der Waals surface area contributed by atoms with Gasteiger partial charge in [-0.2, -0.15) is 0 Å². The Labute approximate surface area is 243 Å². The number of carbonyl (C=O) groups is 2. The highest BCUT2D eigenvalue weighted by molar-refractivity contribution is 5.75. The van der Waals surface area contributed by atoms with Crippen molar-refractivity contribution in [1.29, 1.82) is 0 Å². The lowest BCUT2D eigenvalue weighted by atomic mass is 10.4. The normalized spacial score (nSPS) is 6.97.